The molecular formula is C30H48Cl6O12Ti3-2. The minimum Gasteiger partial charge on any atom is 0 e. The molecule has 296 valence electrons. The van der Waals surface area contributed by atoms with Crippen LogP contribution in [-0.2, 0) is 79.9 Å². The Balaban J connectivity index is -0.0000000573. The van der Waals surface area contributed by atoms with E-state index in [-0.39, 0.29) is 113 Å². The van der Waals surface area contributed by atoms with Gasteiger partial charge in [-0.25, -0.2) is 0 Å². The van der Waals surface area contributed by atoms with Crippen molar-refractivity contribution in [2.45, 2.75) is 83.1 Å². The molecule has 0 aromatic rings. The number of halogens is 6. The number of aliphatic hydroxyl groups excluding tert-OH is 6. The second-order valence-corrected chi connectivity index (χ2v) is 48.1. The van der Waals surface area contributed by atoms with Crippen LogP contribution in [0.1, 0.15) is 83.1 Å². The summed E-state index contributed by atoms with van der Waals surface area (Å²) < 4.78 is 0. The van der Waals surface area contributed by atoms with Crippen LogP contribution < -0.4 is 0 Å². The largest absolute Gasteiger partial charge is 0 e. The van der Waals surface area contributed by atoms with Crippen molar-refractivity contribution in [2.75, 3.05) is 0 Å². The van der Waals surface area contributed by atoms with Gasteiger partial charge in [-0.15, -0.1) is 0 Å². The molecule has 0 saturated heterocycles. The van der Waals surface area contributed by atoms with Gasteiger partial charge in [0.05, 0.1) is 34.6 Å². The zero-order valence-electron chi connectivity index (χ0n) is 30.4. The van der Waals surface area contributed by atoms with E-state index in [1.807, 2.05) is 0 Å². The molecule has 12 nitrogen and oxygen atoms in total. The van der Waals surface area contributed by atoms with Crippen LogP contribution in [0.2, 0.25) is 0 Å². The quantitative estimate of drug-likeness (QED) is 0.0831. The fraction of sp³-hybridized carbons (Fsp3) is 0.400. The molecule has 0 aromatic heterocycles. The summed E-state index contributed by atoms with van der Waals surface area (Å²) in [5, 5.41) is 50.2. The maximum absolute atomic E-state index is 10.0. The molecule has 0 heterocycles. The molecular weight excluding hydrogens is 909 g/mol. The van der Waals surface area contributed by atoms with Crippen molar-refractivity contribution < 1.29 is 111 Å². The zero-order chi connectivity index (χ0) is 41.6. The van der Waals surface area contributed by atoms with Crippen LogP contribution >= 0.6 is 55.8 Å². The van der Waals surface area contributed by atoms with Crippen LogP contribution in [-0.4, -0.2) is 65.3 Å². The second kappa shape index (κ2) is 36.1. The number of carbonyl (C=O) groups is 6. The summed E-state index contributed by atoms with van der Waals surface area (Å²) in [7, 11) is 25.0. The van der Waals surface area contributed by atoms with E-state index in [0.717, 1.165) is 0 Å². The SMILES string of the molecule is CC(=O)/C=C(\C)O.CC(=O)/C=C(\C)O.CC(=O)/C=C(\C)O.CC(=O)/C=C(\C)O.CC(=O)/C=C(\C)O.CC(=O)/C=C(\C)O.[Cl][Ti-2]([Cl])([Cl])([Cl])([Cl])[Cl].[Ti].[Ti]. The molecule has 21 heteroatoms. The Hall–Kier alpha value is -0.857. The van der Waals surface area contributed by atoms with E-state index in [1.54, 1.807) is 0 Å². The van der Waals surface area contributed by atoms with Crippen LogP contribution in [0, 0.1) is 0 Å². The molecule has 0 spiro atoms. The smallest absolute Gasteiger partial charge is 0 e. The van der Waals surface area contributed by atoms with Crippen molar-refractivity contribution in [3.8, 4) is 0 Å². The van der Waals surface area contributed by atoms with Gasteiger partial charge in [-0.2, -0.15) is 0 Å². The predicted octanol–water partition coefficient (Wildman–Crippen LogP) is 10.4. The molecule has 0 fully saturated rings. The summed E-state index contributed by atoms with van der Waals surface area (Å²) >= 11 is 0. The molecule has 0 radical (unpaired) electrons. The molecule has 0 amide bonds. The number of carbonyl (C=O) groups excluding carboxylic acids is 6. The number of allylic oxidation sites excluding steroid dienone is 12. The fourth-order valence-electron chi connectivity index (χ4n) is 1.76. The van der Waals surface area contributed by atoms with Gasteiger partial charge in [0, 0.05) is 79.9 Å². The van der Waals surface area contributed by atoms with Gasteiger partial charge in [0.15, 0.2) is 34.7 Å². The first-order chi connectivity index (χ1) is 21.2. The Morgan fingerprint density at radius 1 is 0.314 bits per heavy atom. The van der Waals surface area contributed by atoms with Gasteiger partial charge < -0.3 is 30.6 Å². The maximum atomic E-state index is 10.0. The zero-order valence-corrected chi connectivity index (χ0v) is 39.6. The van der Waals surface area contributed by atoms with Crippen LogP contribution in [0.3, 0.4) is 0 Å². The summed E-state index contributed by atoms with van der Waals surface area (Å²) in [4.78, 5) is 60.1. The third kappa shape index (κ3) is 204. The number of rotatable bonds is 6. The van der Waals surface area contributed by atoms with Crippen LogP contribution in [0.4, 0.5) is 0 Å². The number of hydrogen-bond donors (Lipinski definition) is 6. The fourth-order valence-corrected chi connectivity index (χ4v) is 1.76. The van der Waals surface area contributed by atoms with Gasteiger partial charge >= 0.3 is 63.5 Å². The molecule has 0 atom stereocenters. The standard InChI is InChI=1S/6C5H8O2.6ClH.3Ti/c6*1-4(6)3-5(2)7;;;;;;;;;/h6*3,6H,1-2H3;6*1H;;;/q;;;;;;;;;;;;;;+4/p-6/b6*4-3+;;;;;;;;;. The van der Waals surface area contributed by atoms with Crippen molar-refractivity contribution in [1.82, 2.24) is 0 Å². The van der Waals surface area contributed by atoms with Gasteiger partial charge in [-0.05, 0) is 83.1 Å². The third-order valence-electron chi connectivity index (χ3n) is 2.47. The monoisotopic (exact) mass is 954 g/mol. The molecule has 0 rings (SSSR count). The van der Waals surface area contributed by atoms with Crippen LogP contribution in [0.15, 0.2) is 71.0 Å². The average Bonchev–Trinajstić information content (AvgIpc) is 2.67. The van der Waals surface area contributed by atoms with Crippen molar-refractivity contribution >= 4 is 90.5 Å². The summed E-state index contributed by atoms with van der Waals surface area (Å²) in [6.07, 6.45) is 7.00. The third-order valence-corrected chi connectivity index (χ3v) is 2.47. The topological polar surface area (TPSA) is 224 Å². The van der Waals surface area contributed by atoms with E-state index >= 15 is 0 Å². The molecule has 0 aliphatic rings. The molecule has 51 heavy (non-hydrogen) atoms. The van der Waals surface area contributed by atoms with Crippen molar-refractivity contribution in [3.05, 3.63) is 71.0 Å². The minimum absolute atomic E-state index is 0. The van der Waals surface area contributed by atoms with Crippen molar-refractivity contribution in [1.29, 1.82) is 0 Å². The molecule has 0 aliphatic carbocycles. The molecule has 6 N–H and O–H groups in total. The second-order valence-electron chi connectivity index (χ2n) is 9.45. The van der Waals surface area contributed by atoms with Crippen molar-refractivity contribution in [3.63, 3.8) is 0 Å². The molecule has 0 aromatic carbocycles. The Kier molecular flexibility index (Phi) is 50.7. The van der Waals surface area contributed by atoms with E-state index in [1.165, 1.54) is 120 Å². The van der Waals surface area contributed by atoms with Crippen molar-refractivity contribution in [2.24, 2.45) is 0 Å². The van der Waals surface area contributed by atoms with E-state index in [2.05, 4.69) is 0 Å². The van der Waals surface area contributed by atoms with Gasteiger partial charge in [0.1, 0.15) is 0 Å². The number of hydrogen-bond acceptors (Lipinski definition) is 12. The first-order valence-electron chi connectivity index (χ1n) is 13.2. The maximum Gasteiger partial charge on any atom is 0 e. The summed E-state index contributed by atoms with van der Waals surface area (Å²) in [6, 6.07) is 0. The van der Waals surface area contributed by atoms with Gasteiger partial charge in [-0.3, -0.25) is 28.8 Å². The Bertz CT molecular complexity index is 1030. The Morgan fingerprint density at radius 3 is 0.373 bits per heavy atom. The van der Waals surface area contributed by atoms with Crippen LogP contribution in [0.5, 0.6) is 0 Å². The first-order valence-corrected chi connectivity index (χ1v) is 26.1. The van der Waals surface area contributed by atoms with E-state index < -0.39 is 7.66 Å². The van der Waals surface area contributed by atoms with Gasteiger partial charge in [0.2, 0.25) is 0 Å². The predicted molar refractivity (Wildman–Crippen MR) is 198 cm³/mol. The Labute approximate surface area is 351 Å². The van der Waals surface area contributed by atoms with E-state index in [4.69, 9.17) is 86.5 Å². The number of ketones is 6. The van der Waals surface area contributed by atoms with E-state index in [0.29, 0.717) is 0 Å². The Morgan fingerprint density at radius 2 is 0.373 bits per heavy atom. The molecule has 0 aliphatic heterocycles. The average molecular weight is 957 g/mol. The molecule has 0 unspecified atom stereocenters. The normalized spacial score (nSPS) is 12.6. The van der Waals surface area contributed by atoms with E-state index in [9.17, 15) is 28.8 Å². The first kappa shape index (κ1) is 71.5. The molecule has 0 saturated carbocycles. The van der Waals surface area contributed by atoms with Gasteiger partial charge in [-0.1, -0.05) is 0 Å². The van der Waals surface area contributed by atoms with Gasteiger partial charge in [0.25, 0.3) is 0 Å². The molecule has 0 bridgehead atoms. The minimum atomic E-state index is -5.33. The summed E-state index contributed by atoms with van der Waals surface area (Å²) in [5.41, 5.74) is 0. The summed E-state index contributed by atoms with van der Waals surface area (Å²) in [6.45, 7) is 17.1. The van der Waals surface area contributed by atoms with Crippen LogP contribution in [0.25, 0.3) is 0 Å². The number of aliphatic hydroxyl groups is 6. The summed E-state index contributed by atoms with van der Waals surface area (Å²) in [5.74, 6) is -0.375.